The number of para-hydroxylation sites is 1. The van der Waals surface area contributed by atoms with E-state index in [0.717, 1.165) is 48.5 Å². The number of nitrogen functional groups attached to an aromatic ring is 1. The molecule has 0 radical (unpaired) electrons. The highest BCUT2D eigenvalue weighted by Gasteiger charge is 2.16. The summed E-state index contributed by atoms with van der Waals surface area (Å²) in [6, 6.07) is 8.49. The van der Waals surface area contributed by atoms with Crippen LogP contribution in [-0.4, -0.2) is 31.3 Å². The van der Waals surface area contributed by atoms with Crippen LogP contribution in [0.3, 0.4) is 0 Å². The molecule has 1 aliphatic rings. The molecule has 0 atom stereocenters. The summed E-state index contributed by atoms with van der Waals surface area (Å²) >= 11 is 0. The Kier molecular flexibility index (Phi) is 3.49. The molecule has 4 nitrogen and oxygen atoms in total. The highest BCUT2D eigenvalue weighted by Crippen LogP contribution is 2.30. The van der Waals surface area contributed by atoms with Crippen molar-refractivity contribution in [1.82, 2.24) is 4.98 Å². The van der Waals surface area contributed by atoms with Crippen LogP contribution in [0.1, 0.15) is 25.3 Å². The number of pyridine rings is 1. The van der Waals surface area contributed by atoms with Gasteiger partial charge in [-0.25, -0.2) is 4.98 Å². The molecule has 4 heteroatoms. The minimum absolute atomic E-state index is 0.388. The Morgan fingerprint density at radius 2 is 2.00 bits per heavy atom. The second-order valence-electron chi connectivity index (χ2n) is 5.57. The zero-order valence-electron chi connectivity index (χ0n) is 12.1. The van der Waals surface area contributed by atoms with Gasteiger partial charge in [0.05, 0.1) is 24.4 Å². The predicted molar refractivity (Wildman–Crippen MR) is 83.3 cm³/mol. The van der Waals surface area contributed by atoms with E-state index in [0.29, 0.717) is 11.7 Å². The van der Waals surface area contributed by atoms with Gasteiger partial charge < -0.3 is 15.4 Å². The van der Waals surface area contributed by atoms with Crippen molar-refractivity contribution in [2.24, 2.45) is 0 Å². The van der Waals surface area contributed by atoms with E-state index in [1.165, 1.54) is 0 Å². The number of nitrogens with two attached hydrogens (primary N) is 1. The Bertz CT molecular complexity index is 618. The molecule has 0 bridgehead atoms. The quantitative estimate of drug-likeness (QED) is 0.912. The second-order valence-corrected chi connectivity index (χ2v) is 5.57. The summed E-state index contributed by atoms with van der Waals surface area (Å²) in [7, 11) is 0. The number of aromatic nitrogens is 1. The number of ether oxygens (including phenoxy) is 1. The molecule has 1 saturated heterocycles. The van der Waals surface area contributed by atoms with E-state index in [1.807, 2.05) is 0 Å². The van der Waals surface area contributed by atoms with E-state index in [2.05, 4.69) is 48.0 Å². The highest BCUT2D eigenvalue weighted by atomic mass is 16.5. The molecule has 2 N–H and O–H groups in total. The van der Waals surface area contributed by atoms with Gasteiger partial charge >= 0.3 is 0 Å². The lowest BCUT2D eigenvalue weighted by atomic mass is 10.0. The Balaban J connectivity index is 2.11. The average molecular weight is 271 g/mol. The van der Waals surface area contributed by atoms with Gasteiger partial charge in [0.1, 0.15) is 5.82 Å². The van der Waals surface area contributed by atoms with Gasteiger partial charge in [0.15, 0.2) is 0 Å². The monoisotopic (exact) mass is 271 g/mol. The lowest BCUT2D eigenvalue weighted by Crippen LogP contribution is -2.36. The third-order valence-electron chi connectivity index (χ3n) is 3.86. The molecule has 1 aliphatic heterocycles. The highest BCUT2D eigenvalue weighted by molar-refractivity contribution is 5.92. The summed E-state index contributed by atoms with van der Waals surface area (Å²) in [5.74, 6) is 1.03. The summed E-state index contributed by atoms with van der Waals surface area (Å²) in [6.45, 7) is 7.65. The number of rotatable bonds is 2. The minimum Gasteiger partial charge on any atom is -0.383 e. The molecule has 1 aromatic heterocycles. The molecule has 1 fully saturated rings. The van der Waals surface area contributed by atoms with Crippen LogP contribution < -0.4 is 10.6 Å². The Labute approximate surface area is 119 Å². The van der Waals surface area contributed by atoms with Crippen LogP contribution in [0, 0.1) is 0 Å². The third-order valence-corrected chi connectivity index (χ3v) is 3.86. The van der Waals surface area contributed by atoms with Crippen LogP contribution in [0.5, 0.6) is 0 Å². The number of fused-ring (bicyclic) bond motifs is 1. The zero-order valence-corrected chi connectivity index (χ0v) is 12.1. The van der Waals surface area contributed by atoms with Gasteiger partial charge in [-0.05, 0) is 23.6 Å². The summed E-state index contributed by atoms with van der Waals surface area (Å²) in [4.78, 5) is 6.99. The number of morpholine rings is 1. The van der Waals surface area contributed by atoms with Gasteiger partial charge in [-0.15, -0.1) is 0 Å². The number of nitrogens with zero attached hydrogens (tertiary/aromatic N) is 2. The fourth-order valence-electron chi connectivity index (χ4n) is 2.74. The number of hydrogen-bond acceptors (Lipinski definition) is 4. The molecule has 2 heterocycles. The maximum atomic E-state index is 6.13. The van der Waals surface area contributed by atoms with Crippen LogP contribution in [0.25, 0.3) is 10.9 Å². The summed E-state index contributed by atoms with van der Waals surface area (Å²) in [6.07, 6.45) is 0. The lowest BCUT2D eigenvalue weighted by molar-refractivity contribution is 0.123. The zero-order chi connectivity index (χ0) is 14.1. The van der Waals surface area contributed by atoms with Gasteiger partial charge in [-0.2, -0.15) is 0 Å². The molecule has 2 aromatic rings. The van der Waals surface area contributed by atoms with Crippen molar-refractivity contribution in [2.75, 3.05) is 36.9 Å². The van der Waals surface area contributed by atoms with Crippen LogP contribution in [0.15, 0.2) is 24.3 Å². The molecular weight excluding hydrogens is 250 g/mol. The fourth-order valence-corrected chi connectivity index (χ4v) is 2.74. The average Bonchev–Trinajstić information content (AvgIpc) is 2.46. The van der Waals surface area contributed by atoms with Gasteiger partial charge in [-0.1, -0.05) is 26.0 Å². The van der Waals surface area contributed by atoms with Crippen molar-refractivity contribution in [1.29, 1.82) is 0 Å². The Morgan fingerprint density at radius 3 is 2.70 bits per heavy atom. The van der Waals surface area contributed by atoms with Gasteiger partial charge in [0, 0.05) is 18.5 Å². The first kappa shape index (κ1) is 13.2. The van der Waals surface area contributed by atoms with Crippen LogP contribution in [-0.2, 0) is 4.74 Å². The summed E-state index contributed by atoms with van der Waals surface area (Å²) in [5, 5.41) is 1.16. The first-order chi connectivity index (χ1) is 9.66. The molecule has 106 valence electrons. The number of hydrogen-bond donors (Lipinski definition) is 1. The van der Waals surface area contributed by atoms with Gasteiger partial charge in [-0.3, -0.25) is 0 Å². The van der Waals surface area contributed by atoms with E-state index in [9.17, 15) is 0 Å². The molecule has 0 unspecified atom stereocenters. The van der Waals surface area contributed by atoms with Crippen molar-refractivity contribution >= 4 is 22.4 Å². The Morgan fingerprint density at radius 1 is 1.25 bits per heavy atom. The van der Waals surface area contributed by atoms with Crippen molar-refractivity contribution in [3.05, 3.63) is 29.8 Å². The van der Waals surface area contributed by atoms with Crippen molar-refractivity contribution in [2.45, 2.75) is 19.8 Å². The van der Waals surface area contributed by atoms with Crippen molar-refractivity contribution in [3.8, 4) is 0 Å². The molecule has 0 saturated carbocycles. The minimum atomic E-state index is 0.388. The Hall–Kier alpha value is -1.81. The molecule has 0 aliphatic carbocycles. The number of anilines is 2. The van der Waals surface area contributed by atoms with Gasteiger partial charge in [0.2, 0.25) is 0 Å². The first-order valence-electron chi connectivity index (χ1n) is 7.18. The lowest BCUT2D eigenvalue weighted by Gasteiger charge is -2.29. The number of benzene rings is 1. The topological polar surface area (TPSA) is 51.4 Å². The van der Waals surface area contributed by atoms with Crippen LogP contribution in [0.4, 0.5) is 11.5 Å². The molecule has 0 spiro atoms. The first-order valence-corrected chi connectivity index (χ1v) is 7.18. The van der Waals surface area contributed by atoms with Gasteiger partial charge in [0.25, 0.3) is 0 Å². The molecule has 0 amide bonds. The van der Waals surface area contributed by atoms with E-state index < -0.39 is 0 Å². The van der Waals surface area contributed by atoms with E-state index in [-0.39, 0.29) is 0 Å². The smallest absolute Gasteiger partial charge is 0.127 e. The van der Waals surface area contributed by atoms with Crippen molar-refractivity contribution < 1.29 is 4.74 Å². The molecule has 1 aromatic carbocycles. The molecule has 3 rings (SSSR count). The van der Waals surface area contributed by atoms with Crippen molar-refractivity contribution in [3.63, 3.8) is 0 Å². The largest absolute Gasteiger partial charge is 0.383 e. The standard InChI is InChI=1S/C16H21N3O/c1-11(2)13-10-12-4-3-5-14(15(12)18-16(13)17)19-6-8-20-9-7-19/h3-5,10-11H,6-9H2,1-2H3,(H2,17,18). The van der Waals surface area contributed by atoms with E-state index in [4.69, 9.17) is 10.5 Å². The second kappa shape index (κ2) is 5.29. The molecule has 20 heavy (non-hydrogen) atoms. The maximum Gasteiger partial charge on any atom is 0.127 e. The predicted octanol–water partition coefficient (Wildman–Crippen LogP) is 2.78. The van der Waals surface area contributed by atoms with Crippen LogP contribution in [0.2, 0.25) is 0 Å². The molecular formula is C16H21N3O. The van der Waals surface area contributed by atoms with Crippen LogP contribution >= 0.6 is 0 Å². The third kappa shape index (κ3) is 2.31. The normalized spacial score (nSPS) is 16.1. The SMILES string of the molecule is CC(C)c1cc2cccc(N3CCOCC3)c2nc1N. The maximum absolute atomic E-state index is 6.13. The summed E-state index contributed by atoms with van der Waals surface area (Å²) in [5.41, 5.74) is 9.41. The fraction of sp³-hybridized carbons (Fsp3) is 0.438. The van der Waals surface area contributed by atoms with E-state index in [1.54, 1.807) is 0 Å². The van der Waals surface area contributed by atoms with E-state index >= 15 is 0 Å². The summed E-state index contributed by atoms with van der Waals surface area (Å²) < 4.78 is 5.42.